The third kappa shape index (κ3) is 1.60. The van der Waals surface area contributed by atoms with Crippen LogP contribution in [0.25, 0.3) is 0 Å². The van der Waals surface area contributed by atoms with E-state index in [0.29, 0.717) is 6.42 Å². The first-order chi connectivity index (χ1) is 9.51. The summed E-state index contributed by atoms with van der Waals surface area (Å²) in [5.41, 5.74) is 1.02. The van der Waals surface area contributed by atoms with Crippen molar-refractivity contribution in [2.45, 2.75) is 30.7 Å². The van der Waals surface area contributed by atoms with Gasteiger partial charge < -0.3 is 10.1 Å². The number of fused-ring (bicyclic) bond motifs is 3. The van der Waals surface area contributed by atoms with Crippen LogP contribution in [0.3, 0.4) is 0 Å². The van der Waals surface area contributed by atoms with Crippen LogP contribution in [-0.2, 0) is 19.7 Å². The SMILES string of the molecule is COC(=O)CC12C=CC(=O)CC1(C)Nc1ccccc12. The highest BCUT2D eigenvalue weighted by Gasteiger charge is 2.56. The Balaban J connectivity index is 2.18. The van der Waals surface area contributed by atoms with E-state index in [-0.39, 0.29) is 18.2 Å². The Bertz CT molecular complexity index is 622. The van der Waals surface area contributed by atoms with Gasteiger partial charge in [-0.05, 0) is 24.6 Å². The van der Waals surface area contributed by atoms with Crippen molar-refractivity contribution in [2.24, 2.45) is 0 Å². The van der Waals surface area contributed by atoms with E-state index in [9.17, 15) is 9.59 Å². The number of para-hydroxylation sites is 1. The second kappa shape index (κ2) is 4.20. The fraction of sp³-hybridized carbons (Fsp3) is 0.375. The summed E-state index contributed by atoms with van der Waals surface area (Å²) < 4.78 is 4.86. The summed E-state index contributed by atoms with van der Waals surface area (Å²) in [4.78, 5) is 23.7. The molecule has 1 aliphatic carbocycles. The molecule has 2 atom stereocenters. The van der Waals surface area contributed by atoms with E-state index in [2.05, 4.69) is 5.32 Å². The third-order valence-corrected chi connectivity index (χ3v) is 4.54. The number of nitrogens with one attached hydrogen (secondary N) is 1. The van der Waals surface area contributed by atoms with Gasteiger partial charge in [-0.1, -0.05) is 24.3 Å². The molecule has 1 aromatic rings. The van der Waals surface area contributed by atoms with Crippen LogP contribution >= 0.6 is 0 Å². The van der Waals surface area contributed by atoms with Gasteiger partial charge in [0.2, 0.25) is 0 Å². The number of hydrogen-bond acceptors (Lipinski definition) is 4. The zero-order chi connectivity index (χ0) is 14.4. The summed E-state index contributed by atoms with van der Waals surface area (Å²) in [6.45, 7) is 2.00. The first kappa shape index (κ1) is 12.9. The van der Waals surface area contributed by atoms with E-state index in [1.165, 1.54) is 7.11 Å². The Morgan fingerprint density at radius 1 is 1.40 bits per heavy atom. The van der Waals surface area contributed by atoms with Gasteiger partial charge in [-0.25, -0.2) is 0 Å². The third-order valence-electron chi connectivity index (χ3n) is 4.54. The van der Waals surface area contributed by atoms with Gasteiger partial charge in [0.25, 0.3) is 0 Å². The zero-order valence-electron chi connectivity index (χ0n) is 11.6. The number of methoxy groups -OCH3 is 1. The Morgan fingerprint density at radius 3 is 2.90 bits per heavy atom. The predicted molar refractivity (Wildman–Crippen MR) is 75.5 cm³/mol. The number of ketones is 1. The van der Waals surface area contributed by atoms with Gasteiger partial charge >= 0.3 is 5.97 Å². The average Bonchev–Trinajstić information content (AvgIpc) is 2.67. The molecule has 0 amide bonds. The van der Waals surface area contributed by atoms with E-state index in [4.69, 9.17) is 4.74 Å². The molecule has 2 unspecified atom stereocenters. The molecular formula is C16H17NO3. The maximum absolute atomic E-state index is 11.9. The van der Waals surface area contributed by atoms with Crippen molar-refractivity contribution in [3.63, 3.8) is 0 Å². The molecule has 1 aromatic carbocycles. The molecule has 4 nitrogen and oxygen atoms in total. The van der Waals surface area contributed by atoms with E-state index in [1.54, 1.807) is 6.08 Å². The lowest BCUT2D eigenvalue weighted by Crippen LogP contribution is -2.53. The molecule has 1 N–H and O–H groups in total. The molecule has 0 bridgehead atoms. The molecule has 0 aromatic heterocycles. The van der Waals surface area contributed by atoms with Gasteiger partial charge in [-0.15, -0.1) is 0 Å². The number of carbonyl (C=O) groups excluding carboxylic acids is 2. The Morgan fingerprint density at radius 2 is 2.15 bits per heavy atom. The van der Waals surface area contributed by atoms with Crippen molar-refractivity contribution in [3.8, 4) is 0 Å². The second-order valence-corrected chi connectivity index (χ2v) is 5.70. The smallest absolute Gasteiger partial charge is 0.306 e. The lowest BCUT2D eigenvalue weighted by Gasteiger charge is -2.43. The van der Waals surface area contributed by atoms with Crippen molar-refractivity contribution in [2.75, 3.05) is 12.4 Å². The van der Waals surface area contributed by atoms with Crippen LogP contribution in [0.15, 0.2) is 36.4 Å². The lowest BCUT2D eigenvalue weighted by molar-refractivity contribution is -0.142. The zero-order valence-corrected chi connectivity index (χ0v) is 11.6. The summed E-state index contributed by atoms with van der Waals surface area (Å²) in [5.74, 6) is -0.193. The molecule has 0 saturated carbocycles. The minimum atomic E-state index is -0.523. The van der Waals surface area contributed by atoms with Crippen LogP contribution < -0.4 is 5.32 Å². The predicted octanol–water partition coefficient (Wildman–Crippen LogP) is 2.20. The van der Waals surface area contributed by atoms with E-state index >= 15 is 0 Å². The van der Waals surface area contributed by atoms with Crippen LogP contribution in [-0.4, -0.2) is 24.4 Å². The van der Waals surface area contributed by atoms with Crippen molar-refractivity contribution in [3.05, 3.63) is 42.0 Å². The Labute approximate surface area is 117 Å². The molecule has 0 radical (unpaired) electrons. The maximum atomic E-state index is 11.9. The number of hydrogen-bond donors (Lipinski definition) is 1. The number of allylic oxidation sites excluding steroid dienone is 1. The summed E-state index contributed by atoms with van der Waals surface area (Å²) >= 11 is 0. The second-order valence-electron chi connectivity index (χ2n) is 5.70. The molecule has 0 saturated heterocycles. The summed E-state index contributed by atoms with van der Waals surface area (Å²) in [6.07, 6.45) is 4.06. The average molecular weight is 271 g/mol. The minimum Gasteiger partial charge on any atom is -0.469 e. The van der Waals surface area contributed by atoms with Crippen LogP contribution in [0.2, 0.25) is 0 Å². The van der Waals surface area contributed by atoms with Gasteiger partial charge in [-0.3, -0.25) is 9.59 Å². The van der Waals surface area contributed by atoms with Gasteiger partial charge in [0.1, 0.15) is 0 Å². The van der Waals surface area contributed by atoms with E-state index in [0.717, 1.165) is 11.3 Å². The Kier molecular flexibility index (Phi) is 2.71. The summed E-state index contributed by atoms with van der Waals surface area (Å²) in [6, 6.07) is 7.90. The highest BCUT2D eigenvalue weighted by atomic mass is 16.5. The van der Waals surface area contributed by atoms with Crippen molar-refractivity contribution in [1.29, 1.82) is 0 Å². The van der Waals surface area contributed by atoms with Gasteiger partial charge in [-0.2, -0.15) is 0 Å². The fourth-order valence-corrected chi connectivity index (χ4v) is 3.45. The van der Waals surface area contributed by atoms with Gasteiger partial charge in [0.05, 0.1) is 19.1 Å². The monoisotopic (exact) mass is 271 g/mol. The van der Waals surface area contributed by atoms with Crippen molar-refractivity contribution >= 4 is 17.4 Å². The molecule has 0 spiro atoms. The number of anilines is 1. The van der Waals surface area contributed by atoms with Crippen LogP contribution in [0, 0.1) is 0 Å². The minimum absolute atomic E-state index is 0.0771. The van der Waals surface area contributed by atoms with Crippen molar-refractivity contribution in [1.82, 2.24) is 0 Å². The molecule has 1 aliphatic heterocycles. The van der Waals surface area contributed by atoms with E-state index < -0.39 is 11.0 Å². The fourth-order valence-electron chi connectivity index (χ4n) is 3.45. The molecule has 0 fully saturated rings. The maximum Gasteiger partial charge on any atom is 0.306 e. The topological polar surface area (TPSA) is 55.4 Å². The number of ether oxygens (including phenoxy) is 1. The molecule has 2 aliphatic rings. The normalized spacial score (nSPS) is 30.4. The number of esters is 1. The largest absolute Gasteiger partial charge is 0.469 e. The van der Waals surface area contributed by atoms with E-state index in [1.807, 2.05) is 37.3 Å². The Hall–Kier alpha value is -2.10. The number of benzene rings is 1. The quantitative estimate of drug-likeness (QED) is 0.838. The summed E-state index contributed by atoms with van der Waals surface area (Å²) in [7, 11) is 1.39. The first-order valence-corrected chi connectivity index (χ1v) is 6.67. The van der Waals surface area contributed by atoms with Crippen LogP contribution in [0.5, 0.6) is 0 Å². The molecule has 4 heteroatoms. The van der Waals surface area contributed by atoms with Gasteiger partial charge in [0, 0.05) is 17.5 Å². The highest BCUT2D eigenvalue weighted by molar-refractivity contribution is 5.95. The van der Waals surface area contributed by atoms with Crippen LogP contribution in [0.1, 0.15) is 25.3 Å². The van der Waals surface area contributed by atoms with Crippen LogP contribution in [0.4, 0.5) is 5.69 Å². The first-order valence-electron chi connectivity index (χ1n) is 6.67. The summed E-state index contributed by atoms with van der Waals surface area (Å²) in [5, 5.41) is 3.43. The molecule has 20 heavy (non-hydrogen) atoms. The standard InChI is InChI=1S/C16H17NO3/c1-15-9-11(18)7-8-16(15,10-14(19)20-2)12-5-3-4-6-13(12)17-15/h3-8,17H,9-10H2,1-2H3. The van der Waals surface area contributed by atoms with Gasteiger partial charge in [0.15, 0.2) is 5.78 Å². The number of carbonyl (C=O) groups is 2. The number of rotatable bonds is 2. The highest BCUT2D eigenvalue weighted by Crippen LogP contribution is 2.53. The molecular weight excluding hydrogens is 254 g/mol. The molecule has 3 rings (SSSR count). The molecule has 1 heterocycles. The lowest BCUT2D eigenvalue weighted by atomic mass is 9.62. The van der Waals surface area contributed by atoms with Crippen molar-refractivity contribution < 1.29 is 14.3 Å². The molecule has 104 valence electrons.